The van der Waals surface area contributed by atoms with Crippen LogP contribution in [0.15, 0.2) is 23.2 Å². The molecule has 0 aliphatic rings. The molecule has 0 aliphatic carbocycles. The van der Waals surface area contributed by atoms with Crippen LogP contribution in [-0.4, -0.2) is 23.6 Å². The predicted molar refractivity (Wildman–Crippen MR) is 77.8 cm³/mol. The maximum Gasteiger partial charge on any atom is 0.157 e. The molecule has 0 spiro atoms. The van der Waals surface area contributed by atoms with E-state index in [0.717, 1.165) is 18.1 Å². The van der Waals surface area contributed by atoms with E-state index in [1.807, 2.05) is 0 Å². The molecule has 2 aromatic rings. The van der Waals surface area contributed by atoms with Crippen LogP contribution in [0.25, 0.3) is 0 Å². The Labute approximate surface area is 115 Å². The van der Waals surface area contributed by atoms with Crippen molar-refractivity contribution >= 4 is 34.4 Å². The minimum Gasteiger partial charge on any atom is -0.383 e. The summed E-state index contributed by atoms with van der Waals surface area (Å²) < 4.78 is 0. The third kappa shape index (κ3) is 2.91. The van der Waals surface area contributed by atoms with Crippen LogP contribution < -0.4 is 10.6 Å². The first kappa shape index (κ1) is 13.1. The Kier molecular flexibility index (Phi) is 4.38. The van der Waals surface area contributed by atoms with Crippen molar-refractivity contribution in [1.82, 2.24) is 9.97 Å². The number of hydrogen-bond donors (Lipinski definition) is 2. The first-order valence-corrected chi connectivity index (χ1v) is 6.98. The van der Waals surface area contributed by atoms with Crippen LogP contribution >= 0.6 is 22.9 Å². The lowest BCUT2D eigenvalue weighted by atomic mass is 10.1. The Morgan fingerprint density at radius 1 is 1.44 bits per heavy atom. The molecule has 2 aromatic heterocycles. The quantitative estimate of drug-likeness (QED) is 0.825. The number of rotatable bonds is 5. The van der Waals surface area contributed by atoms with Gasteiger partial charge in [0.1, 0.15) is 12.0 Å². The smallest absolute Gasteiger partial charge is 0.157 e. The van der Waals surface area contributed by atoms with Crippen LogP contribution in [0.3, 0.4) is 0 Å². The summed E-state index contributed by atoms with van der Waals surface area (Å²) in [5.74, 6) is 1.16. The Morgan fingerprint density at radius 2 is 2.28 bits per heavy atom. The van der Waals surface area contributed by atoms with Gasteiger partial charge in [-0.3, -0.25) is 0 Å². The summed E-state index contributed by atoms with van der Waals surface area (Å²) in [5.41, 5.74) is 2.07. The monoisotopic (exact) mass is 282 g/mol. The third-order valence-electron chi connectivity index (χ3n) is 2.74. The van der Waals surface area contributed by atoms with Gasteiger partial charge in [0, 0.05) is 13.6 Å². The second kappa shape index (κ2) is 6.02. The molecule has 2 N–H and O–H groups in total. The summed E-state index contributed by atoms with van der Waals surface area (Å²) in [7, 11) is 1.80. The van der Waals surface area contributed by atoms with E-state index in [0.29, 0.717) is 11.1 Å². The summed E-state index contributed by atoms with van der Waals surface area (Å²) in [6.07, 6.45) is 1.46. The number of nitrogens with zero attached hydrogens (tertiary/aromatic N) is 2. The van der Waals surface area contributed by atoms with Crippen molar-refractivity contribution in [3.05, 3.63) is 33.9 Å². The first-order chi connectivity index (χ1) is 8.72. The molecule has 4 nitrogen and oxygen atoms in total. The van der Waals surface area contributed by atoms with Crippen molar-refractivity contribution in [2.75, 3.05) is 24.2 Å². The van der Waals surface area contributed by atoms with Gasteiger partial charge in [-0.25, -0.2) is 9.97 Å². The standard InChI is InChI=1S/C12H15ClN4S/c1-8(9-3-4-18-6-9)5-15-12-10(14-2)11(13)16-7-17-12/h3-4,6-8,14H,5H2,1-2H3,(H,15,16,17). The van der Waals surface area contributed by atoms with E-state index in [2.05, 4.69) is 44.4 Å². The molecular weight excluding hydrogens is 268 g/mol. The fourth-order valence-electron chi connectivity index (χ4n) is 1.64. The molecule has 0 aliphatic heterocycles. The summed E-state index contributed by atoms with van der Waals surface area (Å²) in [5, 5.41) is 11.0. The SMILES string of the molecule is CNc1c(Cl)ncnc1NCC(C)c1ccsc1. The van der Waals surface area contributed by atoms with Crippen molar-refractivity contribution in [3.8, 4) is 0 Å². The van der Waals surface area contributed by atoms with Crippen LogP contribution in [0.1, 0.15) is 18.4 Å². The largest absolute Gasteiger partial charge is 0.383 e. The van der Waals surface area contributed by atoms with Crippen molar-refractivity contribution in [3.63, 3.8) is 0 Å². The highest BCUT2D eigenvalue weighted by atomic mass is 35.5. The van der Waals surface area contributed by atoms with Crippen LogP contribution in [0, 0.1) is 0 Å². The minimum absolute atomic E-state index is 0.426. The summed E-state index contributed by atoms with van der Waals surface area (Å²) >= 11 is 7.71. The maximum absolute atomic E-state index is 5.99. The summed E-state index contributed by atoms with van der Waals surface area (Å²) in [4.78, 5) is 8.14. The van der Waals surface area contributed by atoms with Crippen LogP contribution in [0.5, 0.6) is 0 Å². The molecule has 0 amide bonds. The van der Waals surface area contributed by atoms with Gasteiger partial charge < -0.3 is 10.6 Å². The fourth-order valence-corrected chi connectivity index (χ4v) is 2.65. The van der Waals surface area contributed by atoms with Crippen molar-refractivity contribution in [1.29, 1.82) is 0 Å². The zero-order valence-corrected chi connectivity index (χ0v) is 11.8. The van der Waals surface area contributed by atoms with Crippen molar-refractivity contribution < 1.29 is 0 Å². The second-order valence-electron chi connectivity index (χ2n) is 3.98. The van der Waals surface area contributed by atoms with Gasteiger partial charge in [0.05, 0.1) is 0 Å². The molecule has 2 heterocycles. The topological polar surface area (TPSA) is 49.8 Å². The third-order valence-corrected chi connectivity index (χ3v) is 3.73. The number of thiophene rings is 1. The normalized spacial score (nSPS) is 12.2. The lowest BCUT2D eigenvalue weighted by Crippen LogP contribution is -2.12. The fraction of sp³-hybridized carbons (Fsp3) is 0.333. The van der Waals surface area contributed by atoms with Crippen LogP contribution in [0.2, 0.25) is 5.15 Å². The van der Waals surface area contributed by atoms with Crippen LogP contribution in [-0.2, 0) is 0 Å². The molecule has 2 rings (SSSR count). The van der Waals surface area contributed by atoms with E-state index in [4.69, 9.17) is 11.6 Å². The molecule has 0 saturated heterocycles. The average Bonchev–Trinajstić information content (AvgIpc) is 2.90. The average molecular weight is 283 g/mol. The van der Waals surface area contributed by atoms with Gasteiger partial charge in [0.2, 0.25) is 0 Å². The van der Waals surface area contributed by atoms with Crippen molar-refractivity contribution in [2.45, 2.75) is 12.8 Å². The zero-order chi connectivity index (χ0) is 13.0. The van der Waals surface area contributed by atoms with E-state index in [9.17, 15) is 0 Å². The zero-order valence-electron chi connectivity index (χ0n) is 10.3. The highest BCUT2D eigenvalue weighted by Crippen LogP contribution is 2.26. The maximum atomic E-state index is 5.99. The number of hydrogen-bond acceptors (Lipinski definition) is 5. The first-order valence-electron chi connectivity index (χ1n) is 5.66. The van der Waals surface area contributed by atoms with E-state index in [1.165, 1.54) is 11.9 Å². The highest BCUT2D eigenvalue weighted by Gasteiger charge is 2.10. The molecule has 1 unspecified atom stereocenters. The molecule has 0 aromatic carbocycles. The molecule has 0 bridgehead atoms. The van der Waals surface area contributed by atoms with Gasteiger partial charge in [-0.2, -0.15) is 11.3 Å². The van der Waals surface area contributed by atoms with Gasteiger partial charge in [-0.15, -0.1) is 0 Å². The van der Waals surface area contributed by atoms with Gasteiger partial charge in [0.25, 0.3) is 0 Å². The number of halogens is 1. The molecule has 1 atom stereocenters. The Morgan fingerprint density at radius 3 is 2.94 bits per heavy atom. The number of nitrogens with one attached hydrogen (secondary N) is 2. The Bertz CT molecular complexity index is 501. The van der Waals surface area contributed by atoms with Gasteiger partial charge in [-0.1, -0.05) is 18.5 Å². The number of aromatic nitrogens is 2. The van der Waals surface area contributed by atoms with Crippen molar-refractivity contribution in [2.24, 2.45) is 0 Å². The van der Waals surface area contributed by atoms with E-state index < -0.39 is 0 Å². The van der Waals surface area contributed by atoms with E-state index in [1.54, 1.807) is 18.4 Å². The molecule has 6 heteroatoms. The molecular formula is C12H15ClN4S. The molecule has 0 saturated carbocycles. The Balaban J connectivity index is 2.04. The van der Waals surface area contributed by atoms with E-state index >= 15 is 0 Å². The lowest BCUT2D eigenvalue weighted by Gasteiger charge is -2.14. The minimum atomic E-state index is 0.426. The second-order valence-corrected chi connectivity index (χ2v) is 5.11. The van der Waals surface area contributed by atoms with Gasteiger partial charge >= 0.3 is 0 Å². The highest BCUT2D eigenvalue weighted by molar-refractivity contribution is 7.07. The Hall–Kier alpha value is -1.33. The molecule has 0 radical (unpaired) electrons. The van der Waals surface area contributed by atoms with Gasteiger partial charge in [-0.05, 0) is 28.3 Å². The predicted octanol–water partition coefficient (Wildman–Crippen LogP) is 3.45. The van der Waals surface area contributed by atoms with E-state index in [-0.39, 0.29) is 0 Å². The number of anilines is 2. The molecule has 0 fully saturated rings. The lowest BCUT2D eigenvalue weighted by molar-refractivity contribution is 0.805. The summed E-state index contributed by atoms with van der Waals surface area (Å²) in [6, 6.07) is 2.14. The van der Waals surface area contributed by atoms with Crippen LogP contribution in [0.4, 0.5) is 11.5 Å². The van der Waals surface area contributed by atoms with Gasteiger partial charge in [0.15, 0.2) is 11.0 Å². The molecule has 96 valence electrons. The molecule has 18 heavy (non-hydrogen) atoms. The summed E-state index contributed by atoms with van der Waals surface area (Å²) in [6.45, 7) is 2.98.